The molecule has 0 aliphatic heterocycles. The quantitative estimate of drug-likeness (QED) is 0.788. The van der Waals surface area contributed by atoms with Gasteiger partial charge in [0.15, 0.2) is 0 Å². The number of hydrogen-bond acceptors (Lipinski definition) is 3. The first-order valence-electron chi connectivity index (χ1n) is 6.09. The lowest BCUT2D eigenvalue weighted by molar-refractivity contribution is 0.0472. The molecule has 0 radical (unpaired) electrons. The second-order valence-corrected chi connectivity index (χ2v) is 5.14. The second-order valence-electron chi connectivity index (χ2n) is 4.02. The topological polar surface area (TPSA) is 21.3 Å². The third-order valence-corrected chi connectivity index (χ3v) is 3.61. The number of thiophene rings is 1. The third-order valence-electron chi connectivity index (χ3n) is 2.75. The van der Waals surface area contributed by atoms with E-state index in [1.807, 2.05) is 6.92 Å². The molecule has 1 rings (SSSR count). The smallest absolute Gasteiger partial charge is 0.0741 e. The van der Waals surface area contributed by atoms with Crippen LogP contribution in [0.3, 0.4) is 0 Å². The molecule has 0 aromatic carbocycles. The Hall–Kier alpha value is -0.380. The first-order chi connectivity index (χ1) is 7.70. The van der Waals surface area contributed by atoms with Crippen molar-refractivity contribution in [2.24, 2.45) is 0 Å². The van der Waals surface area contributed by atoms with E-state index >= 15 is 0 Å². The van der Waals surface area contributed by atoms with Gasteiger partial charge in [0, 0.05) is 11.5 Å². The summed E-state index contributed by atoms with van der Waals surface area (Å²) < 4.78 is 5.72. The van der Waals surface area contributed by atoms with Crippen LogP contribution in [-0.4, -0.2) is 19.3 Å². The van der Waals surface area contributed by atoms with Crippen molar-refractivity contribution in [3.63, 3.8) is 0 Å². The molecule has 2 nitrogen and oxygen atoms in total. The van der Waals surface area contributed by atoms with Crippen molar-refractivity contribution >= 4 is 11.3 Å². The van der Waals surface area contributed by atoms with Crippen molar-refractivity contribution < 1.29 is 4.74 Å². The van der Waals surface area contributed by atoms with Crippen LogP contribution >= 0.6 is 11.3 Å². The van der Waals surface area contributed by atoms with Gasteiger partial charge >= 0.3 is 0 Å². The van der Waals surface area contributed by atoms with Crippen LogP contribution in [0.25, 0.3) is 0 Å². The Morgan fingerprint density at radius 3 is 2.69 bits per heavy atom. The van der Waals surface area contributed by atoms with E-state index in [-0.39, 0.29) is 6.10 Å². The zero-order valence-corrected chi connectivity index (χ0v) is 11.6. The Labute approximate surface area is 103 Å². The summed E-state index contributed by atoms with van der Waals surface area (Å²) in [6.45, 7) is 10.4. The molecule has 1 N–H and O–H groups in total. The summed E-state index contributed by atoms with van der Waals surface area (Å²) in [5.74, 6) is 0. The molecule has 2 unspecified atom stereocenters. The molecule has 2 atom stereocenters. The zero-order chi connectivity index (χ0) is 12.0. The van der Waals surface area contributed by atoms with Crippen LogP contribution < -0.4 is 5.32 Å². The van der Waals surface area contributed by atoms with Gasteiger partial charge in [0.05, 0.1) is 12.1 Å². The third kappa shape index (κ3) is 3.58. The average Bonchev–Trinajstić information content (AvgIpc) is 2.66. The summed E-state index contributed by atoms with van der Waals surface area (Å²) in [7, 11) is 0. The first kappa shape index (κ1) is 13.7. The maximum Gasteiger partial charge on any atom is 0.0741 e. The molecule has 0 aliphatic carbocycles. The average molecular weight is 241 g/mol. The summed E-state index contributed by atoms with van der Waals surface area (Å²) >= 11 is 1.81. The Bertz CT molecular complexity index is 298. The van der Waals surface area contributed by atoms with Crippen molar-refractivity contribution in [3.8, 4) is 0 Å². The molecule has 92 valence electrons. The van der Waals surface area contributed by atoms with Crippen molar-refractivity contribution in [1.82, 2.24) is 5.32 Å². The van der Waals surface area contributed by atoms with Crippen molar-refractivity contribution in [2.45, 2.75) is 46.3 Å². The molecule has 16 heavy (non-hydrogen) atoms. The molecule has 1 aromatic rings. The highest BCUT2D eigenvalue weighted by atomic mass is 32.1. The largest absolute Gasteiger partial charge is 0.377 e. The normalized spacial score (nSPS) is 15.0. The van der Waals surface area contributed by atoms with Gasteiger partial charge in [-0.05, 0) is 50.7 Å². The second kappa shape index (κ2) is 7.05. The Morgan fingerprint density at radius 1 is 1.44 bits per heavy atom. The van der Waals surface area contributed by atoms with E-state index in [1.165, 1.54) is 10.4 Å². The molecular weight excluding hydrogens is 218 g/mol. The van der Waals surface area contributed by atoms with E-state index in [0.717, 1.165) is 19.6 Å². The molecule has 0 saturated carbocycles. The molecule has 0 aliphatic rings. The van der Waals surface area contributed by atoms with E-state index in [9.17, 15) is 0 Å². The number of nitrogens with one attached hydrogen (secondary N) is 1. The van der Waals surface area contributed by atoms with Crippen molar-refractivity contribution in [2.75, 3.05) is 13.2 Å². The monoisotopic (exact) mass is 241 g/mol. The minimum atomic E-state index is 0.227. The van der Waals surface area contributed by atoms with Gasteiger partial charge in [-0.2, -0.15) is 0 Å². The van der Waals surface area contributed by atoms with E-state index < -0.39 is 0 Å². The van der Waals surface area contributed by atoms with E-state index in [1.54, 1.807) is 11.3 Å². The molecule has 0 fully saturated rings. The highest BCUT2D eigenvalue weighted by molar-refractivity contribution is 7.10. The number of hydrogen-bond donors (Lipinski definition) is 1. The van der Waals surface area contributed by atoms with Gasteiger partial charge in [0.25, 0.3) is 0 Å². The zero-order valence-electron chi connectivity index (χ0n) is 10.7. The first-order valence-corrected chi connectivity index (χ1v) is 6.97. The van der Waals surface area contributed by atoms with Gasteiger partial charge in [-0.3, -0.25) is 0 Å². The Morgan fingerprint density at radius 2 is 2.19 bits per heavy atom. The van der Waals surface area contributed by atoms with Crippen LogP contribution in [0, 0.1) is 6.92 Å². The van der Waals surface area contributed by atoms with Crippen LogP contribution in [0.2, 0.25) is 0 Å². The summed E-state index contributed by atoms with van der Waals surface area (Å²) in [6, 6.07) is 2.54. The minimum absolute atomic E-state index is 0.227. The fraction of sp³-hybridized carbons (Fsp3) is 0.692. The lowest BCUT2D eigenvalue weighted by atomic mass is 10.0. The Balaban J connectivity index is 2.74. The lowest BCUT2D eigenvalue weighted by Gasteiger charge is -2.25. The van der Waals surface area contributed by atoms with E-state index in [0.29, 0.717) is 6.04 Å². The van der Waals surface area contributed by atoms with Crippen molar-refractivity contribution in [1.29, 1.82) is 0 Å². The summed E-state index contributed by atoms with van der Waals surface area (Å²) in [5, 5.41) is 5.74. The predicted octanol–water partition coefficient (Wildman–Crippen LogP) is 3.52. The van der Waals surface area contributed by atoms with Crippen LogP contribution in [0.1, 0.15) is 43.7 Å². The van der Waals surface area contributed by atoms with Crippen LogP contribution in [0.4, 0.5) is 0 Å². The highest BCUT2D eigenvalue weighted by Gasteiger charge is 2.20. The van der Waals surface area contributed by atoms with Crippen LogP contribution in [-0.2, 0) is 4.74 Å². The summed E-state index contributed by atoms with van der Waals surface area (Å²) in [6.07, 6.45) is 1.38. The maximum atomic E-state index is 5.72. The fourth-order valence-electron chi connectivity index (χ4n) is 1.91. The SMILES string of the molecule is CCCNC(c1ccsc1C)C(C)OCC. The lowest BCUT2D eigenvalue weighted by Crippen LogP contribution is -2.32. The molecule has 0 amide bonds. The van der Waals surface area contributed by atoms with Gasteiger partial charge in [-0.1, -0.05) is 6.92 Å². The minimum Gasteiger partial charge on any atom is -0.377 e. The van der Waals surface area contributed by atoms with Gasteiger partial charge in [-0.25, -0.2) is 0 Å². The van der Waals surface area contributed by atoms with Gasteiger partial charge in [-0.15, -0.1) is 11.3 Å². The summed E-state index contributed by atoms with van der Waals surface area (Å²) in [4.78, 5) is 1.39. The number of rotatable bonds is 7. The molecule has 3 heteroatoms. The van der Waals surface area contributed by atoms with Gasteiger partial charge < -0.3 is 10.1 Å². The maximum absolute atomic E-state index is 5.72. The highest BCUT2D eigenvalue weighted by Crippen LogP contribution is 2.26. The van der Waals surface area contributed by atoms with Crippen molar-refractivity contribution in [3.05, 3.63) is 21.9 Å². The molecule has 0 spiro atoms. The van der Waals surface area contributed by atoms with Crippen LogP contribution in [0.15, 0.2) is 11.4 Å². The number of aryl methyl sites for hydroxylation is 1. The Kier molecular flexibility index (Phi) is 6.03. The molecule has 1 aromatic heterocycles. The van der Waals surface area contributed by atoms with E-state index in [2.05, 4.69) is 37.5 Å². The number of ether oxygens (including phenoxy) is 1. The standard InChI is InChI=1S/C13H23NOS/c1-5-8-14-13(10(3)15-6-2)12-7-9-16-11(12)4/h7,9-10,13-14H,5-6,8H2,1-4H3. The molecule has 1 heterocycles. The van der Waals surface area contributed by atoms with Gasteiger partial charge in [0.1, 0.15) is 0 Å². The summed E-state index contributed by atoms with van der Waals surface area (Å²) in [5.41, 5.74) is 1.39. The van der Waals surface area contributed by atoms with E-state index in [4.69, 9.17) is 4.74 Å². The molecule has 0 saturated heterocycles. The van der Waals surface area contributed by atoms with Crippen LogP contribution in [0.5, 0.6) is 0 Å². The molecular formula is C13H23NOS. The fourth-order valence-corrected chi connectivity index (χ4v) is 2.66. The molecule has 0 bridgehead atoms. The van der Waals surface area contributed by atoms with Gasteiger partial charge in [0.2, 0.25) is 0 Å². The predicted molar refractivity (Wildman–Crippen MR) is 71.2 cm³/mol.